The number of carbonyl (C=O) groups excluding carboxylic acids is 3. The Morgan fingerprint density at radius 2 is 1.97 bits per heavy atom. The number of esters is 1. The van der Waals surface area contributed by atoms with Crippen molar-refractivity contribution < 1.29 is 24.2 Å². The largest absolute Gasteiger partial charge is 0.459 e. The van der Waals surface area contributed by atoms with Crippen molar-refractivity contribution in [2.75, 3.05) is 19.9 Å². The Labute approximate surface area is 195 Å². The van der Waals surface area contributed by atoms with Crippen LogP contribution in [0.3, 0.4) is 0 Å². The fraction of sp³-hybridized carbons (Fsp3) is 0.762. The van der Waals surface area contributed by atoms with Crippen LogP contribution in [0.1, 0.15) is 60.3 Å². The number of unbranched alkanes of at least 4 members (excludes halogenated alkanes) is 1. The van der Waals surface area contributed by atoms with Crippen LogP contribution in [-0.2, 0) is 19.1 Å². The fourth-order valence-electron chi connectivity index (χ4n) is 3.11. The summed E-state index contributed by atoms with van der Waals surface area (Å²) >= 11 is 2.76. The van der Waals surface area contributed by atoms with Crippen molar-refractivity contribution in [3.05, 3.63) is 11.1 Å². The van der Waals surface area contributed by atoms with Gasteiger partial charge in [-0.05, 0) is 12.3 Å². The van der Waals surface area contributed by atoms with Crippen LogP contribution in [0.4, 0.5) is 0 Å². The Morgan fingerprint density at radius 1 is 1.32 bits per heavy atom. The third kappa shape index (κ3) is 10.7. The lowest BCUT2D eigenvalue weighted by Gasteiger charge is -2.35. The van der Waals surface area contributed by atoms with Crippen molar-refractivity contribution in [2.24, 2.45) is 5.92 Å². The molecule has 0 fully saturated rings. The van der Waals surface area contributed by atoms with Crippen molar-refractivity contribution >= 4 is 41.5 Å². The Bertz CT molecular complexity index is 602. The van der Waals surface area contributed by atoms with Crippen molar-refractivity contribution in [2.45, 2.75) is 77.8 Å². The lowest BCUT2D eigenvalue weighted by Crippen LogP contribution is -2.47. The molecule has 31 heavy (non-hydrogen) atoms. The maximum absolute atomic E-state index is 12.5. The van der Waals surface area contributed by atoms with Gasteiger partial charge in [-0.15, -0.1) is 11.8 Å². The molecule has 1 heterocycles. The zero-order valence-electron chi connectivity index (χ0n) is 19.8. The summed E-state index contributed by atoms with van der Waals surface area (Å²) in [6.45, 7) is 9.53. The second-order valence-electron chi connectivity index (χ2n) is 7.40. The van der Waals surface area contributed by atoms with Gasteiger partial charge in [-0.3, -0.25) is 19.1 Å². The normalized spacial score (nSPS) is 16.9. The zero-order valence-corrected chi connectivity index (χ0v) is 21.4. The second-order valence-corrected chi connectivity index (χ2v) is 9.49. The Kier molecular flexibility index (Phi) is 15.5. The van der Waals surface area contributed by atoms with Gasteiger partial charge in [-0.1, -0.05) is 46.1 Å². The Balaban J connectivity index is 0.00000436. The van der Waals surface area contributed by atoms with Crippen LogP contribution < -0.4 is 10.0 Å². The molecule has 0 radical (unpaired) electrons. The predicted molar refractivity (Wildman–Crippen MR) is 128 cm³/mol. The van der Waals surface area contributed by atoms with Gasteiger partial charge in [0.2, 0.25) is 5.91 Å². The van der Waals surface area contributed by atoms with Crippen LogP contribution in [0.25, 0.3) is 0 Å². The maximum atomic E-state index is 12.5. The molecule has 1 rings (SSSR count). The topological polar surface area (TPSA) is 108 Å². The summed E-state index contributed by atoms with van der Waals surface area (Å²) in [6.07, 6.45) is 2.39. The third-order valence-electron chi connectivity index (χ3n) is 4.72. The minimum Gasteiger partial charge on any atom is -0.459 e. The lowest BCUT2D eigenvalue weighted by molar-refractivity contribution is -0.148. The minimum absolute atomic E-state index is 0.0698. The molecule has 3 N–H and O–H groups in total. The van der Waals surface area contributed by atoms with Crippen LogP contribution in [-0.4, -0.2) is 65.2 Å². The summed E-state index contributed by atoms with van der Waals surface area (Å²) < 4.78 is 8.36. The number of hydrogen-bond acceptors (Lipinski definition) is 8. The molecule has 0 spiro atoms. The molecule has 0 aromatic carbocycles. The first-order chi connectivity index (χ1) is 14.7. The van der Waals surface area contributed by atoms with E-state index in [-0.39, 0.29) is 35.1 Å². The van der Waals surface area contributed by atoms with Crippen LogP contribution in [0.5, 0.6) is 0 Å². The highest BCUT2D eigenvalue weighted by atomic mass is 32.2. The highest BCUT2D eigenvalue weighted by Crippen LogP contribution is 2.30. The van der Waals surface area contributed by atoms with Gasteiger partial charge < -0.3 is 20.1 Å². The predicted octanol–water partition coefficient (Wildman–Crippen LogP) is 2.88. The standard InChI is InChI=1S/C20H35N3O4S2.CH4O/c1-7-9-10-18(25)23(6)16(13(3)4)11-17(27-14(5)24)20-21-15(12-28-20)19(26)22-29-8-2;1-2/h12-13,16-17,20-21H,7-11H2,1-6H3,(H,22,26);2H,1H3. The summed E-state index contributed by atoms with van der Waals surface area (Å²) in [6, 6.07) is -0.0698. The van der Waals surface area contributed by atoms with Gasteiger partial charge in [0.05, 0.1) is 0 Å². The van der Waals surface area contributed by atoms with Crippen LogP contribution in [0, 0.1) is 5.92 Å². The zero-order chi connectivity index (χ0) is 24.0. The molecule has 10 heteroatoms. The molecule has 0 aromatic rings. The summed E-state index contributed by atoms with van der Waals surface area (Å²) in [5, 5.41) is 11.7. The van der Waals surface area contributed by atoms with Gasteiger partial charge in [-0.2, -0.15) is 0 Å². The lowest BCUT2D eigenvalue weighted by atomic mass is 9.95. The number of ether oxygens (including phenoxy) is 1. The van der Waals surface area contributed by atoms with E-state index in [0.29, 0.717) is 18.5 Å². The molecular formula is C21H39N3O5S2. The van der Waals surface area contributed by atoms with Crippen molar-refractivity contribution in [3.63, 3.8) is 0 Å². The van der Waals surface area contributed by atoms with E-state index in [0.717, 1.165) is 25.7 Å². The highest BCUT2D eigenvalue weighted by molar-refractivity contribution is 8.03. The number of nitrogens with one attached hydrogen (secondary N) is 2. The SMILES string of the molecule is CCCCC(=O)N(C)C(CC(OC(C)=O)C1NC(C(=O)NSCC)=CS1)C(C)C.CO. The van der Waals surface area contributed by atoms with Crippen molar-refractivity contribution in [1.29, 1.82) is 0 Å². The molecule has 0 saturated carbocycles. The second kappa shape index (κ2) is 16.3. The van der Waals surface area contributed by atoms with E-state index in [1.165, 1.54) is 30.6 Å². The van der Waals surface area contributed by atoms with E-state index in [9.17, 15) is 14.4 Å². The van der Waals surface area contributed by atoms with E-state index in [1.54, 1.807) is 10.3 Å². The summed E-state index contributed by atoms with van der Waals surface area (Å²) in [5.74, 6) is 0.515. The molecule has 1 aliphatic heterocycles. The van der Waals surface area contributed by atoms with Crippen molar-refractivity contribution in [3.8, 4) is 0 Å². The molecule has 0 bridgehead atoms. The summed E-state index contributed by atoms with van der Waals surface area (Å²) in [4.78, 5) is 38.2. The van der Waals surface area contributed by atoms with Gasteiger partial charge >= 0.3 is 5.97 Å². The van der Waals surface area contributed by atoms with E-state index in [4.69, 9.17) is 9.84 Å². The summed E-state index contributed by atoms with van der Waals surface area (Å²) in [7, 11) is 2.82. The smallest absolute Gasteiger partial charge is 0.303 e. The third-order valence-corrected chi connectivity index (χ3v) is 6.42. The van der Waals surface area contributed by atoms with Gasteiger partial charge in [-0.25, -0.2) is 0 Å². The molecule has 0 aliphatic carbocycles. The number of hydrogen-bond donors (Lipinski definition) is 3. The quantitative estimate of drug-likeness (QED) is 0.291. The van der Waals surface area contributed by atoms with Crippen molar-refractivity contribution in [1.82, 2.24) is 14.9 Å². The first-order valence-electron chi connectivity index (χ1n) is 10.6. The average molecular weight is 478 g/mol. The first-order valence-corrected chi connectivity index (χ1v) is 12.6. The highest BCUT2D eigenvalue weighted by Gasteiger charge is 2.35. The van der Waals surface area contributed by atoms with E-state index >= 15 is 0 Å². The number of rotatable bonds is 12. The molecule has 0 aromatic heterocycles. The van der Waals surface area contributed by atoms with Gasteiger partial charge in [0.15, 0.2) is 0 Å². The number of amides is 2. The van der Waals surface area contributed by atoms with Gasteiger partial charge in [0.1, 0.15) is 17.2 Å². The number of carbonyl (C=O) groups is 3. The summed E-state index contributed by atoms with van der Waals surface area (Å²) in [5.41, 5.74) is 0.464. The average Bonchev–Trinajstić information content (AvgIpc) is 3.23. The molecule has 0 saturated heterocycles. The number of aliphatic hydroxyl groups is 1. The molecule has 3 unspecified atom stereocenters. The molecule has 3 atom stereocenters. The minimum atomic E-state index is -0.466. The van der Waals surface area contributed by atoms with E-state index < -0.39 is 6.10 Å². The van der Waals surface area contributed by atoms with Gasteiger partial charge in [0.25, 0.3) is 5.91 Å². The van der Waals surface area contributed by atoms with Crippen LogP contribution >= 0.6 is 23.7 Å². The van der Waals surface area contributed by atoms with Crippen LogP contribution in [0.2, 0.25) is 0 Å². The Hall–Kier alpha value is -1.39. The van der Waals surface area contributed by atoms with E-state index in [2.05, 4.69) is 30.8 Å². The molecule has 180 valence electrons. The van der Waals surface area contributed by atoms with Gasteiger partial charge in [0, 0.05) is 51.1 Å². The number of nitrogens with zero attached hydrogens (tertiary/aromatic N) is 1. The number of aliphatic hydroxyl groups excluding tert-OH is 1. The van der Waals surface area contributed by atoms with E-state index in [1.807, 2.05) is 14.0 Å². The maximum Gasteiger partial charge on any atom is 0.303 e. The number of thioether (sulfide) groups is 1. The molecule has 8 nitrogen and oxygen atoms in total. The molecular weight excluding hydrogens is 438 g/mol. The van der Waals surface area contributed by atoms with Crippen LogP contribution in [0.15, 0.2) is 11.1 Å². The monoisotopic (exact) mass is 477 g/mol. The molecule has 1 aliphatic rings. The fourth-order valence-corrected chi connectivity index (χ4v) is 4.49. The first kappa shape index (κ1) is 29.6. The molecule has 2 amide bonds. The Morgan fingerprint density at radius 3 is 2.48 bits per heavy atom.